The summed E-state index contributed by atoms with van der Waals surface area (Å²) in [6, 6.07) is 1.19. The second kappa shape index (κ2) is 3.73. The van der Waals surface area contributed by atoms with Crippen LogP contribution in [0.3, 0.4) is 0 Å². The lowest BCUT2D eigenvalue weighted by molar-refractivity contribution is -0.137. The summed E-state index contributed by atoms with van der Waals surface area (Å²) in [5.74, 6) is -5.00. The highest BCUT2D eigenvalue weighted by molar-refractivity contribution is 5.70. The maximum atomic E-state index is 13.4. The van der Waals surface area contributed by atoms with Gasteiger partial charge >= 0.3 is 5.97 Å². The number of nitrogens with two attached hydrogens (primary N) is 1. The molecular weight excluding hydrogens is 235 g/mol. The largest absolute Gasteiger partial charge is 0.481 e. The van der Waals surface area contributed by atoms with Gasteiger partial charge in [-0.1, -0.05) is 0 Å². The van der Waals surface area contributed by atoms with Crippen LogP contribution >= 0.6 is 0 Å². The van der Waals surface area contributed by atoms with E-state index in [0.717, 1.165) is 6.07 Å². The zero-order valence-electron chi connectivity index (χ0n) is 8.71. The number of benzene rings is 1. The number of rotatable bonds is 3. The van der Waals surface area contributed by atoms with E-state index in [2.05, 4.69) is 0 Å². The van der Waals surface area contributed by atoms with Crippen molar-refractivity contribution < 1.29 is 23.1 Å². The number of aliphatic carboxylic acids is 1. The quantitative estimate of drug-likeness (QED) is 0.797. The van der Waals surface area contributed by atoms with Gasteiger partial charge in [-0.15, -0.1) is 0 Å². The molecule has 92 valence electrons. The summed E-state index contributed by atoms with van der Waals surface area (Å²) in [5.41, 5.74) is 4.60. The summed E-state index contributed by atoms with van der Waals surface area (Å²) in [6.07, 6.45) is -0.0720. The zero-order valence-corrected chi connectivity index (χ0v) is 8.71. The molecule has 3 nitrogen and oxygen atoms in total. The van der Waals surface area contributed by atoms with Crippen LogP contribution in [0.2, 0.25) is 0 Å². The molecule has 1 saturated carbocycles. The standard InChI is InChI=1S/C11H10F3NO2/c12-7-2-9(14)8(13)1-5(7)6-3-11(6,15)4-10(16)17/h1-2,6H,3-4,15H2,(H,16,17)/t6-,11?/m0/s1. The molecule has 2 atom stereocenters. The zero-order chi connectivity index (χ0) is 12.8. The third-order valence-electron chi connectivity index (χ3n) is 3.01. The Balaban J connectivity index is 2.26. The van der Waals surface area contributed by atoms with Crippen LogP contribution in [0.5, 0.6) is 0 Å². The summed E-state index contributed by atoms with van der Waals surface area (Å²) in [7, 11) is 0. The van der Waals surface area contributed by atoms with Gasteiger partial charge in [-0.05, 0) is 18.1 Å². The monoisotopic (exact) mass is 245 g/mol. The number of halogens is 3. The van der Waals surface area contributed by atoms with E-state index >= 15 is 0 Å². The Labute approximate surface area is 95.0 Å². The topological polar surface area (TPSA) is 63.3 Å². The van der Waals surface area contributed by atoms with E-state index in [-0.39, 0.29) is 18.4 Å². The first-order valence-corrected chi connectivity index (χ1v) is 4.98. The van der Waals surface area contributed by atoms with Crippen molar-refractivity contribution in [3.63, 3.8) is 0 Å². The van der Waals surface area contributed by atoms with Gasteiger partial charge in [0.25, 0.3) is 0 Å². The molecule has 0 bridgehead atoms. The summed E-state index contributed by atoms with van der Waals surface area (Å²) in [4.78, 5) is 10.5. The van der Waals surface area contributed by atoms with Crippen LogP contribution in [0.25, 0.3) is 0 Å². The van der Waals surface area contributed by atoms with Gasteiger partial charge in [0.15, 0.2) is 11.6 Å². The van der Waals surface area contributed by atoms with Crippen LogP contribution in [0.1, 0.15) is 24.3 Å². The first kappa shape index (κ1) is 11.9. The highest BCUT2D eigenvalue weighted by atomic mass is 19.2. The van der Waals surface area contributed by atoms with E-state index in [4.69, 9.17) is 10.8 Å². The van der Waals surface area contributed by atoms with E-state index < -0.39 is 34.9 Å². The van der Waals surface area contributed by atoms with Gasteiger partial charge in [-0.2, -0.15) is 0 Å². The number of carboxylic acids is 1. The molecule has 0 saturated heterocycles. The van der Waals surface area contributed by atoms with Gasteiger partial charge in [0.2, 0.25) is 0 Å². The molecule has 1 aromatic carbocycles. The molecule has 0 aromatic heterocycles. The van der Waals surface area contributed by atoms with Gasteiger partial charge in [-0.3, -0.25) is 4.79 Å². The number of carbonyl (C=O) groups is 1. The fourth-order valence-electron chi connectivity index (χ4n) is 2.02. The summed E-state index contributed by atoms with van der Waals surface area (Å²) >= 11 is 0. The Kier molecular flexibility index (Phi) is 2.61. The van der Waals surface area contributed by atoms with E-state index in [1.165, 1.54) is 0 Å². The molecule has 1 unspecified atom stereocenters. The van der Waals surface area contributed by atoms with Gasteiger partial charge in [0.1, 0.15) is 5.82 Å². The molecule has 1 aromatic rings. The van der Waals surface area contributed by atoms with Crippen LogP contribution < -0.4 is 5.73 Å². The lowest BCUT2D eigenvalue weighted by Crippen LogP contribution is -2.28. The minimum atomic E-state index is -1.27. The van der Waals surface area contributed by atoms with Crippen LogP contribution in [0, 0.1) is 17.5 Å². The van der Waals surface area contributed by atoms with E-state index in [1.54, 1.807) is 0 Å². The van der Waals surface area contributed by atoms with Crippen LogP contribution in [0.15, 0.2) is 12.1 Å². The van der Waals surface area contributed by atoms with Crippen molar-refractivity contribution in [1.82, 2.24) is 0 Å². The SMILES string of the molecule is NC1(CC(=O)O)C[C@H]1c1cc(F)c(F)cc1F. The maximum Gasteiger partial charge on any atom is 0.305 e. The molecule has 2 rings (SSSR count). The molecule has 3 N–H and O–H groups in total. The van der Waals surface area contributed by atoms with Gasteiger partial charge in [0.05, 0.1) is 6.42 Å². The predicted molar refractivity (Wildman–Crippen MR) is 52.8 cm³/mol. The minimum absolute atomic E-state index is 0.0624. The lowest BCUT2D eigenvalue weighted by Gasteiger charge is -2.09. The minimum Gasteiger partial charge on any atom is -0.481 e. The van der Waals surface area contributed by atoms with Crippen LogP contribution in [-0.4, -0.2) is 16.6 Å². The van der Waals surface area contributed by atoms with Gasteiger partial charge in [0, 0.05) is 17.5 Å². The highest BCUT2D eigenvalue weighted by Crippen LogP contribution is 2.52. The van der Waals surface area contributed by atoms with E-state index in [9.17, 15) is 18.0 Å². The first-order chi connectivity index (χ1) is 7.83. The van der Waals surface area contributed by atoms with Crippen molar-refractivity contribution in [2.24, 2.45) is 5.73 Å². The molecule has 0 radical (unpaired) electrons. The van der Waals surface area contributed by atoms with Gasteiger partial charge < -0.3 is 10.8 Å². The van der Waals surface area contributed by atoms with Gasteiger partial charge in [-0.25, -0.2) is 13.2 Å². The average Bonchev–Trinajstić information content (AvgIpc) is 2.82. The normalized spacial score (nSPS) is 26.9. The van der Waals surface area contributed by atoms with Crippen molar-refractivity contribution in [2.75, 3.05) is 0 Å². The predicted octanol–water partition coefficient (Wildman–Crippen LogP) is 1.76. The van der Waals surface area contributed by atoms with Crippen molar-refractivity contribution in [3.8, 4) is 0 Å². The molecular formula is C11H10F3NO2. The molecule has 1 fully saturated rings. The Morgan fingerprint density at radius 2 is 1.94 bits per heavy atom. The molecule has 17 heavy (non-hydrogen) atoms. The number of hydrogen-bond donors (Lipinski definition) is 2. The third-order valence-corrected chi connectivity index (χ3v) is 3.01. The Bertz CT molecular complexity index is 492. The Morgan fingerprint density at radius 3 is 2.53 bits per heavy atom. The molecule has 6 heteroatoms. The summed E-state index contributed by atoms with van der Waals surface area (Å²) in [6.45, 7) is 0. The second-order valence-corrected chi connectivity index (χ2v) is 4.35. The number of carboxylic acid groups (broad SMARTS) is 1. The van der Waals surface area contributed by atoms with Crippen molar-refractivity contribution in [1.29, 1.82) is 0 Å². The first-order valence-electron chi connectivity index (χ1n) is 4.98. The smallest absolute Gasteiger partial charge is 0.305 e. The average molecular weight is 245 g/mol. The third kappa shape index (κ3) is 2.12. The Morgan fingerprint density at radius 1 is 1.35 bits per heavy atom. The van der Waals surface area contributed by atoms with Crippen molar-refractivity contribution in [2.45, 2.75) is 24.3 Å². The van der Waals surface area contributed by atoms with Crippen molar-refractivity contribution >= 4 is 5.97 Å². The molecule has 1 aliphatic carbocycles. The van der Waals surface area contributed by atoms with E-state index in [0.29, 0.717) is 6.07 Å². The lowest BCUT2D eigenvalue weighted by atomic mass is 10.0. The van der Waals surface area contributed by atoms with E-state index in [1.807, 2.05) is 0 Å². The molecule has 0 amide bonds. The Hall–Kier alpha value is -1.56. The summed E-state index contributed by atoms with van der Waals surface area (Å²) < 4.78 is 39.1. The second-order valence-electron chi connectivity index (χ2n) is 4.35. The summed E-state index contributed by atoms with van der Waals surface area (Å²) in [5, 5.41) is 8.61. The molecule has 0 heterocycles. The highest BCUT2D eigenvalue weighted by Gasteiger charge is 2.54. The molecule has 0 aliphatic heterocycles. The number of hydrogen-bond acceptors (Lipinski definition) is 2. The van der Waals surface area contributed by atoms with Crippen molar-refractivity contribution in [3.05, 3.63) is 35.1 Å². The molecule has 0 spiro atoms. The maximum absolute atomic E-state index is 13.4. The fraction of sp³-hybridized carbons (Fsp3) is 0.364. The van der Waals surface area contributed by atoms with Crippen LogP contribution in [-0.2, 0) is 4.79 Å². The molecule has 1 aliphatic rings. The fourth-order valence-corrected chi connectivity index (χ4v) is 2.02. The van der Waals surface area contributed by atoms with Crippen LogP contribution in [0.4, 0.5) is 13.2 Å².